The van der Waals surface area contributed by atoms with Gasteiger partial charge in [0.05, 0.1) is 5.41 Å². The van der Waals surface area contributed by atoms with Crippen LogP contribution in [-0.2, 0) is 9.59 Å². The highest BCUT2D eigenvalue weighted by Gasteiger charge is 2.52. The van der Waals surface area contributed by atoms with E-state index in [1.165, 1.54) is 0 Å². The molecule has 2 saturated heterocycles. The predicted octanol–water partition coefficient (Wildman–Crippen LogP) is 2.08. The van der Waals surface area contributed by atoms with Gasteiger partial charge in [-0.1, -0.05) is 12.1 Å². The van der Waals surface area contributed by atoms with Crippen molar-refractivity contribution in [2.24, 2.45) is 5.41 Å². The van der Waals surface area contributed by atoms with E-state index in [1.807, 2.05) is 39.1 Å². The number of benzene rings is 1. The Labute approximate surface area is 154 Å². The molecule has 142 valence electrons. The lowest BCUT2D eigenvalue weighted by Gasteiger charge is -2.51. The number of nitrogens with zero attached hydrogens (tertiary/aromatic N) is 2. The topological polar surface area (TPSA) is 70.1 Å². The van der Waals surface area contributed by atoms with Crippen molar-refractivity contribution in [1.82, 2.24) is 9.80 Å². The molecule has 0 radical (unpaired) electrons. The average molecular weight is 360 g/mol. The SMILES string of the molecule is Cc1cccc(OCC(=O)N2CC[C@@]3(C(=O)O)CCCN(C)[C@@H]3C2)c1C. The highest BCUT2D eigenvalue weighted by Crippen LogP contribution is 2.42. The number of likely N-dealkylation sites (tertiary alicyclic amines) is 2. The summed E-state index contributed by atoms with van der Waals surface area (Å²) in [6.07, 6.45) is 2.09. The van der Waals surface area contributed by atoms with Gasteiger partial charge in [0.15, 0.2) is 6.61 Å². The van der Waals surface area contributed by atoms with Crippen molar-refractivity contribution in [3.8, 4) is 5.75 Å². The second-order valence-electron chi connectivity index (χ2n) is 7.64. The van der Waals surface area contributed by atoms with Gasteiger partial charge in [-0.25, -0.2) is 0 Å². The van der Waals surface area contributed by atoms with Crippen LogP contribution in [0, 0.1) is 19.3 Å². The summed E-state index contributed by atoms with van der Waals surface area (Å²) in [5, 5.41) is 9.82. The molecule has 0 saturated carbocycles. The van der Waals surface area contributed by atoms with Gasteiger partial charge in [0.2, 0.25) is 0 Å². The van der Waals surface area contributed by atoms with E-state index in [1.54, 1.807) is 4.90 Å². The molecule has 2 aliphatic rings. The van der Waals surface area contributed by atoms with Gasteiger partial charge in [-0.2, -0.15) is 0 Å². The molecule has 1 amide bonds. The fourth-order valence-corrected chi connectivity index (χ4v) is 4.32. The molecule has 0 bridgehead atoms. The summed E-state index contributed by atoms with van der Waals surface area (Å²) in [7, 11) is 1.96. The first-order valence-electron chi connectivity index (χ1n) is 9.25. The van der Waals surface area contributed by atoms with Crippen LogP contribution in [0.1, 0.15) is 30.4 Å². The van der Waals surface area contributed by atoms with E-state index < -0.39 is 11.4 Å². The lowest BCUT2D eigenvalue weighted by Crippen LogP contribution is -2.64. The summed E-state index contributed by atoms with van der Waals surface area (Å²) < 4.78 is 5.75. The quantitative estimate of drug-likeness (QED) is 0.890. The number of likely N-dealkylation sites (N-methyl/N-ethyl adjacent to an activating group) is 1. The molecule has 6 nitrogen and oxygen atoms in total. The van der Waals surface area contributed by atoms with Crippen LogP contribution in [0.4, 0.5) is 0 Å². The predicted molar refractivity (Wildman–Crippen MR) is 98.3 cm³/mol. The number of hydrogen-bond donors (Lipinski definition) is 1. The van der Waals surface area contributed by atoms with Crippen LogP contribution in [0.3, 0.4) is 0 Å². The summed E-state index contributed by atoms with van der Waals surface area (Å²) in [5.74, 6) is -0.0818. The van der Waals surface area contributed by atoms with Crippen LogP contribution in [0.25, 0.3) is 0 Å². The molecular weight excluding hydrogens is 332 g/mol. The average Bonchev–Trinajstić information content (AvgIpc) is 2.62. The number of aryl methyl sites for hydroxylation is 1. The van der Waals surface area contributed by atoms with Gasteiger partial charge >= 0.3 is 5.97 Å². The third kappa shape index (κ3) is 3.30. The Morgan fingerprint density at radius 2 is 2.04 bits per heavy atom. The monoisotopic (exact) mass is 360 g/mol. The van der Waals surface area contributed by atoms with E-state index >= 15 is 0 Å². The smallest absolute Gasteiger partial charge is 0.311 e. The zero-order valence-corrected chi connectivity index (χ0v) is 15.8. The molecule has 0 unspecified atom stereocenters. The van der Waals surface area contributed by atoms with E-state index in [4.69, 9.17) is 4.74 Å². The summed E-state index contributed by atoms with van der Waals surface area (Å²) >= 11 is 0. The van der Waals surface area contributed by atoms with Gasteiger partial charge in [0.1, 0.15) is 5.75 Å². The van der Waals surface area contributed by atoms with Crippen LogP contribution >= 0.6 is 0 Å². The molecule has 0 aliphatic carbocycles. The van der Waals surface area contributed by atoms with Crippen LogP contribution in [0.15, 0.2) is 18.2 Å². The number of carboxylic acid groups (broad SMARTS) is 1. The molecule has 2 fully saturated rings. The summed E-state index contributed by atoms with van der Waals surface area (Å²) in [6, 6.07) is 5.67. The van der Waals surface area contributed by atoms with Crippen LogP contribution in [0.2, 0.25) is 0 Å². The molecule has 2 atom stereocenters. The number of carboxylic acids is 1. The Morgan fingerprint density at radius 3 is 2.77 bits per heavy atom. The fourth-order valence-electron chi connectivity index (χ4n) is 4.32. The lowest BCUT2D eigenvalue weighted by atomic mass is 9.68. The zero-order valence-electron chi connectivity index (χ0n) is 15.8. The molecule has 6 heteroatoms. The third-order valence-corrected chi connectivity index (χ3v) is 6.21. The summed E-state index contributed by atoms with van der Waals surface area (Å²) in [5.41, 5.74) is 1.44. The van der Waals surface area contributed by atoms with Gasteiger partial charge in [0.25, 0.3) is 5.91 Å². The van der Waals surface area contributed by atoms with E-state index in [9.17, 15) is 14.7 Å². The number of rotatable bonds is 4. The van der Waals surface area contributed by atoms with E-state index in [0.717, 1.165) is 29.8 Å². The van der Waals surface area contributed by atoms with E-state index in [0.29, 0.717) is 25.9 Å². The number of fused-ring (bicyclic) bond motifs is 1. The van der Waals surface area contributed by atoms with Gasteiger partial charge in [-0.05, 0) is 63.9 Å². The second-order valence-corrected chi connectivity index (χ2v) is 7.64. The van der Waals surface area contributed by atoms with Crippen molar-refractivity contribution in [1.29, 1.82) is 0 Å². The molecule has 0 aromatic heterocycles. The molecule has 2 heterocycles. The van der Waals surface area contributed by atoms with Gasteiger partial charge in [-0.3, -0.25) is 9.59 Å². The first-order chi connectivity index (χ1) is 12.3. The Bertz CT molecular complexity index is 705. The zero-order chi connectivity index (χ0) is 18.9. The van der Waals surface area contributed by atoms with Crippen molar-refractivity contribution >= 4 is 11.9 Å². The maximum Gasteiger partial charge on any atom is 0.311 e. The first-order valence-corrected chi connectivity index (χ1v) is 9.25. The molecule has 0 spiro atoms. The minimum Gasteiger partial charge on any atom is -0.483 e. The number of hydrogen-bond acceptors (Lipinski definition) is 4. The fraction of sp³-hybridized carbons (Fsp3) is 0.600. The maximum atomic E-state index is 12.7. The summed E-state index contributed by atoms with van der Waals surface area (Å²) in [6.45, 7) is 5.79. The van der Waals surface area contributed by atoms with E-state index in [-0.39, 0.29) is 18.6 Å². The van der Waals surface area contributed by atoms with Crippen molar-refractivity contribution in [3.63, 3.8) is 0 Å². The second kappa shape index (κ2) is 7.27. The minimum atomic E-state index is -0.729. The number of amides is 1. The summed E-state index contributed by atoms with van der Waals surface area (Å²) in [4.78, 5) is 28.5. The molecule has 3 rings (SSSR count). The van der Waals surface area contributed by atoms with Gasteiger partial charge < -0.3 is 19.6 Å². The van der Waals surface area contributed by atoms with E-state index in [2.05, 4.69) is 4.90 Å². The molecule has 1 aromatic carbocycles. The normalized spacial score (nSPS) is 26.3. The third-order valence-electron chi connectivity index (χ3n) is 6.21. The number of carbonyl (C=O) groups is 2. The Morgan fingerprint density at radius 1 is 1.27 bits per heavy atom. The van der Waals surface area contributed by atoms with Crippen molar-refractivity contribution in [2.75, 3.05) is 33.3 Å². The number of ether oxygens (including phenoxy) is 1. The van der Waals surface area contributed by atoms with Gasteiger partial charge in [-0.15, -0.1) is 0 Å². The Hall–Kier alpha value is -2.08. The molecular formula is C20H28N2O4. The number of piperidine rings is 2. The largest absolute Gasteiger partial charge is 0.483 e. The van der Waals surface area contributed by atoms with Gasteiger partial charge in [0, 0.05) is 19.1 Å². The Balaban J connectivity index is 1.66. The maximum absolute atomic E-state index is 12.7. The molecule has 1 N–H and O–H groups in total. The number of carbonyl (C=O) groups excluding carboxylic acids is 1. The first kappa shape index (κ1) is 18.7. The highest BCUT2D eigenvalue weighted by molar-refractivity contribution is 5.80. The molecule has 1 aromatic rings. The van der Waals surface area contributed by atoms with Crippen LogP contribution in [0.5, 0.6) is 5.75 Å². The van der Waals surface area contributed by atoms with Crippen molar-refractivity contribution in [3.05, 3.63) is 29.3 Å². The molecule has 26 heavy (non-hydrogen) atoms. The standard InChI is InChI=1S/C20H28N2O4/c1-14-6-4-7-16(15(14)2)26-13-18(23)22-11-9-20(19(24)25)8-5-10-21(3)17(20)12-22/h4,6-7,17H,5,8-13H2,1-3H3,(H,24,25)/t17-,20+/m1/s1. The van der Waals surface area contributed by atoms with Crippen LogP contribution in [-0.4, -0.2) is 66.1 Å². The van der Waals surface area contributed by atoms with Crippen LogP contribution < -0.4 is 4.74 Å². The minimum absolute atomic E-state index is 0.0131. The lowest BCUT2D eigenvalue weighted by molar-refractivity contribution is -0.165. The highest BCUT2D eigenvalue weighted by atomic mass is 16.5. The Kier molecular flexibility index (Phi) is 5.23. The van der Waals surface area contributed by atoms with Crippen molar-refractivity contribution in [2.45, 2.75) is 39.2 Å². The number of aliphatic carboxylic acids is 1. The molecule has 2 aliphatic heterocycles. The van der Waals surface area contributed by atoms with Crippen molar-refractivity contribution < 1.29 is 19.4 Å².